The number of rotatable bonds is 1. The summed E-state index contributed by atoms with van der Waals surface area (Å²) in [5.41, 5.74) is 0. The van der Waals surface area contributed by atoms with Crippen LogP contribution in [-0.4, -0.2) is 22.9 Å². The predicted molar refractivity (Wildman–Crippen MR) is 35.0 cm³/mol. The van der Waals surface area contributed by atoms with Gasteiger partial charge in [-0.15, -0.1) is 0 Å². The van der Waals surface area contributed by atoms with Crippen molar-refractivity contribution in [3.8, 4) is 0 Å². The van der Waals surface area contributed by atoms with Gasteiger partial charge in [0.25, 0.3) is 0 Å². The van der Waals surface area contributed by atoms with Crippen molar-refractivity contribution in [1.29, 1.82) is 0 Å². The fourth-order valence-electron chi connectivity index (χ4n) is 1.06. The maximum Gasteiger partial charge on any atom is 0.0627 e. The SMILES string of the molecule is OC[C@H]1C=CCC[C@H]1O. The average Bonchev–Trinajstić information content (AvgIpc) is 1.89. The van der Waals surface area contributed by atoms with Crippen LogP contribution < -0.4 is 0 Å². The fraction of sp³-hybridized carbons (Fsp3) is 0.714. The quantitative estimate of drug-likeness (QED) is 0.499. The van der Waals surface area contributed by atoms with Gasteiger partial charge in [-0.3, -0.25) is 0 Å². The molecule has 0 aromatic rings. The highest BCUT2D eigenvalue weighted by atomic mass is 16.3. The van der Waals surface area contributed by atoms with E-state index in [1.54, 1.807) is 0 Å². The molecule has 0 aliphatic heterocycles. The fourth-order valence-corrected chi connectivity index (χ4v) is 1.06. The van der Waals surface area contributed by atoms with Gasteiger partial charge in [-0.1, -0.05) is 12.2 Å². The third-order valence-electron chi connectivity index (χ3n) is 1.72. The molecule has 0 spiro atoms. The zero-order valence-corrected chi connectivity index (χ0v) is 5.33. The van der Waals surface area contributed by atoms with E-state index in [1.165, 1.54) is 0 Å². The summed E-state index contributed by atoms with van der Waals surface area (Å²) in [5.74, 6) is -0.0150. The van der Waals surface area contributed by atoms with Crippen molar-refractivity contribution in [2.45, 2.75) is 18.9 Å². The maximum absolute atomic E-state index is 9.16. The van der Waals surface area contributed by atoms with Gasteiger partial charge in [0.05, 0.1) is 12.7 Å². The third kappa shape index (κ3) is 1.53. The number of hydrogen-bond acceptors (Lipinski definition) is 2. The molecule has 2 atom stereocenters. The van der Waals surface area contributed by atoms with E-state index in [1.807, 2.05) is 12.2 Å². The van der Waals surface area contributed by atoms with Gasteiger partial charge in [-0.05, 0) is 12.8 Å². The van der Waals surface area contributed by atoms with E-state index in [9.17, 15) is 0 Å². The molecule has 0 amide bonds. The van der Waals surface area contributed by atoms with Crippen LogP contribution in [0.4, 0.5) is 0 Å². The number of allylic oxidation sites excluding steroid dienone is 1. The Kier molecular flexibility index (Phi) is 2.25. The van der Waals surface area contributed by atoms with Crippen molar-refractivity contribution in [3.05, 3.63) is 12.2 Å². The summed E-state index contributed by atoms with van der Waals surface area (Å²) in [6.45, 7) is 0.0671. The molecular formula is C7H12O2. The van der Waals surface area contributed by atoms with Crippen LogP contribution in [0.2, 0.25) is 0 Å². The van der Waals surface area contributed by atoms with Crippen LogP contribution in [0.1, 0.15) is 12.8 Å². The van der Waals surface area contributed by atoms with Crippen molar-refractivity contribution in [3.63, 3.8) is 0 Å². The van der Waals surface area contributed by atoms with Gasteiger partial charge >= 0.3 is 0 Å². The first-order valence-electron chi connectivity index (χ1n) is 3.30. The number of hydrogen-bond donors (Lipinski definition) is 2. The van der Waals surface area contributed by atoms with E-state index in [0.29, 0.717) is 0 Å². The topological polar surface area (TPSA) is 40.5 Å². The van der Waals surface area contributed by atoms with E-state index in [0.717, 1.165) is 12.8 Å². The minimum Gasteiger partial charge on any atom is -0.396 e. The summed E-state index contributed by atoms with van der Waals surface area (Å²) in [5, 5.41) is 17.8. The Morgan fingerprint density at radius 1 is 1.56 bits per heavy atom. The van der Waals surface area contributed by atoms with Gasteiger partial charge in [-0.25, -0.2) is 0 Å². The zero-order chi connectivity index (χ0) is 6.69. The van der Waals surface area contributed by atoms with Gasteiger partial charge in [0.1, 0.15) is 0 Å². The van der Waals surface area contributed by atoms with Crippen LogP contribution >= 0.6 is 0 Å². The van der Waals surface area contributed by atoms with Crippen LogP contribution in [-0.2, 0) is 0 Å². The molecule has 0 radical (unpaired) electrons. The van der Waals surface area contributed by atoms with Gasteiger partial charge in [-0.2, -0.15) is 0 Å². The standard InChI is InChI=1S/C7H12O2/c8-5-6-3-1-2-4-7(6)9/h1,3,6-9H,2,4-5H2/t6-,7-/m1/s1. The summed E-state index contributed by atoms with van der Waals surface area (Å²) in [6, 6.07) is 0. The summed E-state index contributed by atoms with van der Waals surface area (Å²) >= 11 is 0. The molecule has 2 heteroatoms. The molecule has 1 rings (SSSR count). The van der Waals surface area contributed by atoms with Crippen molar-refractivity contribution in [2.24, 2.45) is 5.92 Å². The van der Waals surface area contributed by atoms with E-state index in [4.69, 9.17) is 10.2 Å². The predicted octanol–water partition coefficient (Wildman–Crippen LogP) is 0.306. The Morgan fingerprint density at radius 3 is 2.78 bits per heavy atom. The van der Waals surface area contributed by atoms with E-state index >= 15 is 0 Å². The lowest BCUT2D eigenvalue weighted by atomic mass is 9.94. The maximum atomic E-state index is 9.16. The van der Waals surface area contributed by atoms with E-state index in [-0.39, 0.29) is 18.6 Å². The van der Waals surface area contributed by atoms with Gasteiger partial charge < -0.3 is 10.2 Å². The molecule has 1 aliphatic carbocycles. The first kappa shape index (κ1) is 6.78. The molecule has 52 valence electrons. The van der Waals surface area contributed by atoms with Gasteiger partial charge in [0, 0.05) is 5.92 Å². The highest BCUT2D eigenvalue weighted by Crippen LogP contribution is 2.16. The Hall–Kier alpha value is -0.340. The molecule has 1 aliphatic rings. The highest BCUT2D eigenvalue weighted by Gasteiger charge is 2.16. The van der Waals surface area contributed by atoms with Gasteiger partial charge in [0.2, 0.25) is 0 Å². The molecule has 0 heterocycles. The molecule has 0 saturated carbocycles. The monoisotopic (exact) mass is 128 g/mol. The average molecular weight is 128 g/mol. The van der Waals surface area contributed by atoms with Crippen molar-refractivity contribution in [2.75, 3.05) is 6.61 Å². The smallest absolute Gasteiger partial charge is 0.0627 e. The molecule has 2 nitrogen and oxygen atoms in total. The first-order chi connectivity index (χ1) is 4.34. The van der Waals surface area contributed by atoms with Crippen molar-refractivity contribution < 1.29 is 10.2 Å². The lowest BCUT2D eigenvalue weighted by Gasteiger charge is -2.20. The second-order valence-electron chi connectivity index (χ2n) is 2.42. The lowest BCUT2D eigenvalue weighted by molar-refractivity contribution is 0.0806. The normalized spacial score (nSPS) is 34.9. The van der Waals surface area contributed by atoms with Crippen LogP contribution in [0.15, 0.2) is 12.2 Å². The second kappa shape index (κ2) is 2.99. The van der Waals surface area contributed by atoms with Crippen LogP contribution in [0.5, 0.6) is 0 Å². The van der Waals surface area contributed by atoms with Crippen LogP contribution in [0, 0.1) is 5.92 Å². The lowest BCUT2D eigenvalue weighted by Crippen LogP contribution is -2.23. The van der Waals surface area contributed by atoms with Crippen LogP contribution in [0.3, 0.4) is 0 Å². The molecule has 2 N–H and O–H groups in total. The Morgan fingerprint density at radius 2 is 2.33 bits per heavy atom. The largest absolute Gasteiger partial charge is 0.396 e. The van der Waals surface area contributed by atoms with E-state index in [2.05, 4.69) is 0 Å². The Labute approximate surface area is 54.8 Å². The number of aliphatic hydroxyl groups excluding tert-OH is 2. The minimum atomic E-state index is -0.319. The second-order valence-corrected chi connectivity index (χ2v) is 2.42. The summed E-state index contributed by atoms with van der Waals surface area (Å²) in [6.07, 6.45) is 5.31. The molecule has 9 heavy (non-hydrogen) atoms. The Balaban J connectivity index is 2.46. The van der Waals surface area contributed by atoms with Gasteiger partial charge in [0.15, 0.2) is 0 Å². The molecule has 0 saturated heterocycles. The van der Waals surface area contributed by atoms with Crippen LogP contribution in [0.25, 0.3) is 0 Å². The third-order valence-corrected chi connectivity index (χ3v) is 1.72. The summed E-state index contributed by atoms with van der Waals surface area (Å²) in [4.78, 5) is 0. The summed E-state index contributed by atoms with van der Waals surface area (Å²) < 4.78 is 0. The number of aliphatic hydroxyl groups is 2. The molecule has 0 aromatic heterocycles. The molecule has 0 aromatic carbocycles. The molecular weight excluding hydrogens is 116 g/mol. The minimum absolute atomic E-state index is 0.0150. The Bertz CT molecular complexity index is 109. The summed E-state index contributed by atoms with van der Waals surface area (Å²) in [7, 11) is 0. The van der Waals surface area contributed by atoms with E-state index < -0.39 is 0 Å². The van der Waals surface area contributed by atoms with Crippen molar-refractivity contribution in [1.82, 2.24) is 0 Å². The first-order valence-corrected chi connectivity index (χ1v) is 3.30. The highest BCUT2D eigenvalue weighted by molar-refractivity contribution is 4.96. The molecule has 0 bridgehead atoms. The molecule has 0 unspecified atom stereocenters. The molecule has 0 fully saturated rings. The zero-order valence-electron chi connectivity index (χ0n) is 5.33. The van der Waals surface area contributed by atoms with Crippen molar-refractivity contribution >= 4 is 0 Å².